The molecule has 4 saturated carbocycles. The largest absolute Gasteiger partial charge is 0.390 e. The normalized spacial score (nSPS) is 33.6. The van der Waals surface area contributed by atoms with Gasteiger partial charge in [-0.2, -0.15) is 4.98 Å². The van der Waals surface area contributed by atoms with Crippen LogP contribution in [0.3, 0.4) is 0 Å². The van der Waals surface area contributed by atoms with Crippen molar-refractivity contribution in [1.29, 1.82) is 0 Å². The van der Waals surface area contributed by atoms with E-state index in [9.17, 15) is 10.2 Å². The predicted molar refractivity (Wildman–Crippen MR) is 101 cm³/mol. The van der Waals surface area contributed by atoms with Crippen molar-refractivity contribution in [3.05, 3.63) is 24.3 Å². The van der Waals surface area contributed by atoms with Gasteiger partial charge in [0.25, 0.3) is 5.89 Å². The molecule has 0 spiro atoms. The number of H-pyrrole nitrogens is 1. The maximum atomic E-state index is 10.9. The SMILES string of the molecule is OCc1noc(-c2cnc3[nH]ccc3c2NC2[C@@H]3CC4C[C@H]2CC(O)(C4)C3)n1. The Kier molecular flexibility index (Phi) is 3.40. The Morgan fingerprint density at radius 3 is 2.79 bits per heavy atom. The number of hydrogen-bond acceptors (Lipinski definition) is 7. The van der Waals surface area contributed by atoms with Gasteiger partial charge in [-0.3, -0.25) is 0 Å². The van der Waals surface area contributed by atoms with E-state index in [0.29, 0.717) is 29.7 Å². The predicted octanol–water partition coefficient (Wildman–Crippen LogP) is 2.46. The molecule has 4 bridgehead atoms. The summed E-state index contributed by atoms with van der Waals surface area (Å²) in [5.41, 5.74) is 2.02. The Labute approximate surface area is 161 Å². The number of aromatic amines is 1. The van der Waals surface area contributed by atoms with Gasteiger partial charge in [0.2, 0.25) is 0 Å². The molecule has 4 fully saturated rings. The number of aromatic nitrogens is 4. The number of rotatable bonds is 4. The second-order valence-corrected chi connectivity index (χ2v) is 8.83. The van der Waals surface area contributed by atoms with E-state index >= 15 is 0 Å². The molecule has 0 radical (unpaired) electrons. The summed E-state index contributed by atoms with van der Waals surface area (Å²) in [6.07, 6.45) is 8.71. The van der Waals surface area contributed by atoms with Gasteiger partial charge in [-0.15, -0.1) is 0 Å². The van der Waals surface area contributed by atoms with Gasteiger partial charge in [0, 0.05) is 23.8 Å². The molecule has 4 aliphatic rings. The summed E-state index contributed by atoms with van der Waals surface area (Å²) >= 11 is 0. The van der Waals surface area contributed by atoms with Crippen molar-refractivity contribution in [2.45, 2.75) is 50.4 Å². The minimum absolute atomic E-state index is 0.256. The molecular formula is C20H23N5O3. The summed E-state index contributed by atoms with van der Waals surface area (Å²) in [6.45, 7) is -0.265. The number of hydrogen-bond donors (Lipinski definition) is 4. The lowest BCUT2D eigenvalue weighted by molar-refractivity contribution is -0.129. The van der Waals surface area contributed by atoms with E-state index < -0.39 is 5.60 Å². The van der Waals surface area contributed by atoms with Crippen molar-refractivity contribution in [1.82, 2.24) is 20.1 Å². The molecule has 5 atom stereocenters. The van der Waals surface area contributed by atoms with Crippen LogP contribution in [0.1, 0.15) is 37.9 Å². The number of fused-ring (bicyclic) bond motifs is 1. The average Bonchev–Trinajstić information content (AvgIpc) is 3.32. The van der Waals surface area contributed by atoms with Gasteiger partial charge in [-0.25, -0.2) is 4.98 Å². The molecule has 3 unspecified atom stereocenters. The van der Waals surface area contributed by atoms with E-state index in [2.05, 4.69) is 25.4 Å². The monoisotopic (exact) mass is 381 g/mol. The molecule has 3 aromatic heterocycles. The summed E-state index contributed by atoms with van der Waals surface area (Å²) < 4.78 is 5.38. The molecule has 3 heterocycles. The molecule has 28 heavy (non-hydrogen) atoms. The fraction of sp³-hybridized carbons (Fsp3) is 0.550. The van der Waals surface area contributed by atoms with E-state index in [0.717, 1.165) is 41.5 Å². The molecule has 7 rings (SSSR count). The highest BCUT2D eigenvalue weighted by atomic mass is 16.5. The first-order valence-electron chi connectivity index (χ1n) is 10.0. The highest BCUT2D eigenvalue weighted by Crippen LogP contribution is 2.56. The fourth-order valence-electron chi connectivity index (χ4n) is 6.14. The molecule has 0 amide bonds. The van der Waals surface area contributed by atoms with E-state index in [1.165, 1.54) is 12.8 Å². The third-order valence-corrected chi connectivity index (χ3v) is 6.98. The highest BCUT2D eigenvalue weighted by Gasteiger charge is 2.54. The number of anilines is 1. The van der Waals surface area contributed by atoms with E-state index in [-0.39, 0.29) is 12.4 Å². The molecule has 4 N–H and O–H groups in total. The zero-order valence-electron chi connectivity index (χ0n) is 15.4. The molecule has 4 aliphatic carbocycles. The number of nitrogens with one attached hydrogen (secondary N) is 2. The van der Waals surface area contributed by atoms with Crippen LogP contribution < -0.4 is 5.32 Å². The molecule has 8 nitrogen and oxygen atoms in total. The van der Waals surface area contributed by atoms with Crippen LogP contribution in [0.4, 0.5) is 5.69 Å². The zero-order chi connectivity index (χ0) is 18.9. The number of pyridine rings is 1. The van der Waals surface area contributed by atoms with Gasteiger partial charge in [0.1, 0.15) is 12.3 Å². The molecule has 146 valence electrons. The van der Waals surface area contributed by atoms with Crippen LogP contribution in [0.2, 0.25) is 0 Å². The first-order valence-corrected chi connectivity index (χ1v) is 10.0. The Balaban J connectivity index is 1.42. The van der Waals surface area contributed by atoms with Crippen LogP contribution in [-0.4, -0.2) is 42.0 Å². The number of aliphatic hydroxyl groups excluding tert-OH is 1. The minimum Gasteiger partial charge on any atom is -0.390 e. The molecule has 8 heteroatoms. The summed E-state index contributed by atoms with van der Waals surface area (Å²) in [5, 5.41) is 28.8. The average molecular weight is 381 g/mol. The maximum absolute atomic E-state index is 10.9. The third-order valence-electron chi connectivity index (χ3n) is 6.98. The van der Waals surface area contributed by atoms with Crippen LogP contribution in [0.5, 0.6) is 0 Å². The van der Waals surface area contributed by atoms with E-state index in [1.54, 1.807) is 6.20 Å². The van der Waals surface area contributed by atoms with Crippen molar-refractivity contribution in [2.75, 3.05) is 5.32 Å². The van der Waals surface area contributed by atoms with Crippen LogP contribution >= 0.6 is 0 Å². The number of aliphatic hydroxyl groups is 2. The summed E-state index contributed by atoms with van der Waals surface area (Å²) in [5.74, 6) is 2.22. The maximum Gasteiger partial charge on any atom is 0.261 e. The lowest BCUT2D eigenvalue weighted by Crippen LogP contribution is -2.59. The van der Waals surface area contributed by atoms with Gasteiger partial charge in [0.15, 0.2) is 5.82 Å². The Morgan fingerprint density at radius 2 is 2.07 bits per heavy atom. The second kappa shape index (κ2) is 5.78. The third kappa shape index (κ3) is 2.41. The first-order chi connectivity index (χ1) is 13.6. The minimum atomic E-state index is -0.457. The molecule has 3 aromatic rings. The zero-order valence-corrected chi connectivity index (χ0v) is 15.4. The van der Waals surface area contributed by atoms with Gasteiger partial charge < -0.3 is 25.0 Å². The molecule has 0 aliphatic heterocycles. The Morgan fingerprint density at radius 1 is 1.25 bits per heavy atom. The Bertz CT molecular complexity index is 1030. The first kappa shape index (κ1) is 16.5. The van der Waals surface area contributed by atoms with Gasteiger partial charge in [-0.05, 0) is 55.9 Å². The second-order valence-electron chi connectivity index (χ2n) is 8.83. The molecule has 0 saturated heterocycles. The lowest BCUT2D eigenvalue weighted by Gasteiger charge is -2.58. The molecular weight excluding hydrogens is 358 g/mol. The van der Waals surface area contributed by atoms with Gasteiger partial charge in [0.05, 0.1) is 16.9 Å². The topological polar surface area (TPSA) is 120 Å². The van der Waals surface area contributed by atoms with Gasteiger partial charge in [-0.1, -0.05) is 5.16 Å². The van der Waals surface area contributed by atoms with Crippen LogP contribution in [0, 0.1) is 17.8 Å². The van der Waals surface area contributed by atoms with Crippen molar-refractivity contribution in [2.24, 2.45) is 17.8 Å². The smallest absolute Gasteiger partial charge is 0.261 e. The van der Waals surface area contributed by atoms with Crippen LogP contribution in [0.25, 0.3) is 22.5 Å². The number of nitrogens with zero attached hydrogens (tertiary/aromatic N) is 3. The van der Waals surface area contributed by atoms with Crippen molar-refractivity contribution < 1.29 is 14.7 Å². The summed E-state index contributed by atoms with van der Waals surface area (Å²) in [7, 11) is 0. The highest BCUT2D eigenvalue weighted by molar-refractivity contribution is 5.97. The Hall–Kier alpha value is -2.45. The van der Waals surface area contributed by atoms with E-state index in [1.807, 2.05) is 12.3 Å². The van der Waals surface area contributed by atoms with Crippen molar-refractivity contribution >= 4 is 16.7 Å². The molecule has 0 aromatic carbocycles. The van der Waals surface area contributed by atoms with Crippen molar-refractivity contribution in [3.8, 4) is 11.5 Å². The van der Waals surface area contributed by atoms with Crippen LogP contribution in [0.15, 0.2) is 23.0 Å². The van der Waals surface area contributed by atoms with Crippen molar-refractivity contribution in [3.63, 3.8) is 0 Å². The van der Waals surface area contributed by atoms with Gasteiger partial charge >= 0.3 is 0 Å². The standard InChI is InChI=1S/C20H23N5O3/c26-9-15-23-19(28-25-15)14-8-22-18-13(1-2-21-18)17(14)24-16-11-3-10-4-12(16)7-20(27,5-10)6-11/h1-2,8,10-12,16,26-27H,3-7,9H2,(H2,21,22,24)/t10?,11-,12+,16?,20?. The fourth-order valence-corrected chi connectivity index (χ4v) is 6.14. The van der Waals surface area contributed by atoms with Crippen LogP contribution in [-0.2, 0) is 6.61 Å². The lowest BCUT2D eigenvalue weighted by atomic mass is 9.52. The van der Waals surface area contributed by atoms with E-state index in [4.69, 9.17) is 4.52 Å². The summed E-state index contributed by atoms with van der Waals surface area (Å²) in [4.78, 5) is 11.9. The summed E-state index contributed by atoms with van der Waals surface area (Å²) in [6, 6.07) is 2.32. The quantitative estimate of drug-likeness (QED) is 0.548.